The third-order valence-electron chi connectivity index (χ3n) is 3.64. The quantitative estimate of drug-likeness (QED) is 0.592. The summed E-state index contributed by atoms with van der Waals surface area (Å²) >= 11 is 0. The number of anilines is 2. The highest BCUT2D eigenvalue weighted by Gasteiger charge is 2.38. The molecule has 2 bridgehead atoms. The minimum Gasteiger partial charge on any atom is -0.397 e. The highest BCUT2D eigenvalue weighted by atomic mass is 14.7. The normalized spacial score (nSPS) is 29.2. The second-order valence-corrected chi connectivity index (χ2v) is 4.28. The molecule has 2 atom stereocenters. The summed E-state index contributed by atoms with van der Waals surface area (Å²) in [6.45, 7) is 0. The Balaban J connectivity index is 2.26. The van der Waals surface area contributed by atoms with Gasteiger partial charge in [-0.05, 0) is 48.3 Å². The van der Waals surface area contributed by atoms with Gasteiger partial charge < -0.3 is 11.5 Å². The Morgan fingerprint density at radius 2 is 1.85 bits per heavy atom. The van der Waals surface area contributed by atoms with Crippen molar-refractivity contribution in [3.05, 3.63) is 23.3 Å². The molecule has 0 saturated heterocycles. The van der Waals surface area contributed by atoms with Crippen LogP contribution in [0.15, 0.2) is 12.1 Å². The lowest BCUT2D eigenvalue weighted by atomic mass is 9.90. The van der Waals surface area contributed by atoms with Crippen molar-refractivity contribution in [2.24, 2.45) is 0 Å². The van der Waals surface area contributed by atoms with E-state index < -0.39 is 0 Å². The van der Waals surface area contributed by atoms with Gasteiger partial charge in [-0.3, -0.25) is 0 Å². The van der Waals surface area contributed by atoms with Gasteiger partial charge in [0.2, 0.25) is 0 Å². The molecule has 2 nitrogen and oxygen atoms in total. The SMILES string of the molecule is Nc1ccc2c(c1N)C1CCC2C1. The molecule has 4 N–H and O–H groups in total. The van der Waals surface area contributed by atoms with Crippen LogP contribution in [-0.2, 0) is 0 Å². The number of rotatable bonds is 0. The van der Waals surface area contributed by atoms with Crippen molar-refractivity contribution in [3.8, 4) is 0 Å². The van der Waals surface area contributed by atoms with Crippen LogP contribution in [0, 0.1) is 0 Å². The first-order valence-electron chi connectivity index (χ1n) is 4.95. The highest BCUT2D eigenvalue weighted by molar-refractivity contribution is 5.72. The molecule has 2 aliphatic carbocycles. The zero-order valence-corrected chi connectivity index (χ0v) is 7.59. The van der Waals surface area contributed by atoms with E-state index in [1.807, 2.05) is 6.07 Å². The van der Waals surface area contributed by atoms with Crippen LogP contribution in [0.5, 0.6) is 0 Å². The molecule has 0 amide bonds. The fourth-order valence-electron chi connectivity index (χ4n) is 3.01. The van der Waals surface area contributed by atoms with Crippen molar-refractivity contribution in [2.45, 2.75) is 31.1 Å². The third kappa shape index (κ3) is 0.781. The fourth-order valence-corrected chi connectivity index (χ4v) is 3.01. The number of nitrogens with two attached hydrogens (primary N) is 2. The molecule has 2 aliphatic rings. The smallest absolute Gasteiger partial charge is 0.0586 e. The Labute approximate surface area is 77.9 Å². The summed E-state index contributed by atoms with van der Waals surface area (Å²) in [5, 5.41) is 0. The van der Waals surface area contributed by atoms with Gasteiger partial charge in [-0.15, -0.1) is 0 Å². The summed E-state index contributed by atoms with van der Waals surface area (Å²) < 4.78 is 0. The first-order chi connectivity index (χ1) is 6.27. The van der Waals surface area contributed by atoms with E-state index in [0.717, 1.165) is 17.3 Å². The lowest BCUT2D eigenvalue weighted by Gasteiger charge is -2.17. The summed E-state index contributed by atoms with van der Waals surface area (Å²) in [6, 6.07) is 4.12. The van der Waals surface area contributed by atoms with Crippen LogP contribution in [0.25, 0.3) is 0 Å². The van der Waals surface area contributed by atoms with E-state index in [-0.39, 0.29) is 0 Å². The van der Waals surface area contributed by atoms with E-state index in [1.165, 1.54) is 30.4 Å². The molecule has 1 aromatic rings. The van der Waals surface area contributed by atoms with E-state index in [0.29, 0.717) is 5.92 Å². The summed E-state index contributed by atoms with van der Waals surface area (Å²) in [6.07, 6.45) is 3.97. The maximum Gasteiger partial charge on any atom is 0.0586 e. The van der Waals surface area contributed by atoms with Gasteiger partial charge in [-0.25, -0.2) is 0 Å². The predicted molar refractivity (Wildman–Crippen MR) is 54.6 cm³/mol. The van der Waals surface area contributed by atoms with Gasteiger partial charge in [0.15, 0.2) is 0 Å². The van der Waals surface area contributed by atoms with Crippen molar-refractivity contribution in [1.82, 2.24) is 0 Å². The van der Waals surface area contributed by atoms with Crippen LogP contribution in [0.2, 0.25) is 0 Å². The molecule has 3 rings (SSSR count). The minimum atomic E-state index is 0.712. The lowest BCUT2D eigenvalue weighted by Crippen LogP contribution is -2.05. The largest absolute Gasteiger partial charge is 0.397 e. The van der Waals surface area contributed by atoms with Crippen LogP contribution >= 0.6 is 0 Å². The number of nitrogen functional groups attached to an aromatic ring is 2. The van der Waals surface area contributed by atoms with Crippen molar-refractivity contribution in [3.63, 3.8) is 0 Å². The average molecular weight is 174 g/mol. The second kappa shape index (κ2) is 2.19. The van der Waals surface area contributed by atoms with Crippen molar-refractivity contribution in [2.75, 3.05) is 11.5 Å². The lowest BCUT2D eigenvalue weighted by molar-refractivity contribution is 0.719. The van der Waals surface area contributed by atoms with Gasteiger partial charge in [0.1, 0.15) is 0 Å². The summed E-state index contributed by atoms with van der Waals surface area (Å²) in [5.41, 5.74) is 16.2. The molecule has 68 valence electrons. The van der Waals surface area contributed by atoms with Crippen molar-refractivity contribution in [1.29, 1.82) is 0 Å². The molecule has 2 heteroatoms. The molecule has 0 aromatic heterocycles. The van der Waals surface area contributed by atoms with Crippen LogP contribution in [0.4, 0.5) is 11.4 Å². The molecule has 0 spiro atoms. The van der Waals surface area contributed by atoms with E-state index in [4.69, 9.17) is 11.5 Å². The van der Waals surface area contributed by atoms with Gasteiger partial charge in [0.05, 0.1) is 11.4 Å². The molecule has 1 aromatic carbocycles. The fraction of sp³-hybridized carbons (Fsp3) is 0.455. The second-order valence-electron chi connectivity index (χ2n) is 4.28. The maximum atomic E-state index is 6.00. The van der Waals surface area contributed by atoms with Crippen LogP contribution in [0.3, 0.4) is 0 Å². The predicted octanol–water partition coefficient (Wildman–Crippen LogP) is 2.22. The minimum absolute atomic E-state index is 0.712. The summed E-state index contributed by atoms with van der Waals surface area (Å²) in [5.74, 6) is 1.49. The van der Waals surface area contributed by atoms with E-state index in [2.05, 4.69) is 6.07 Å². The van der Waals surface area contributed by atoms with Gasteiger partial charge in [-0.2, -0.15) is 0 Å². The topological polar surface area (TPSA) is 52.0 Å². The Kier molecular flexibility index (Phi) is 1.22. The zero-order valence-electron chi connectivity index (χ0n) is 7.59. The number of benzene rings is 1. The van der Waals surface area contributed by atoms with E-state index in [9.17, 15) is 0 Å². The van der Waals surface area contributed by atoms with Crippen LogP contribution in [0.1, 0.15) is 42.2 Å². The maximum absolute atomic E-state index is 6.00. The Bertz CT molecular complexity index is 371. The first-order valence-corrected chi connectivity index (χ1v) is 4.95. The third-order valence-corrected chi connectivity index (χ3v) is 3.64. The molecule has 0 radical (unpaired) electrons. The standard InChI is InChI=1S/C11H14N2/c12-9-4-3-8-6-1-2-7(5-6)10(8)11(9)13/h3-4,6-7H,1-2,5,12-13H2. The van der Waals surface area contributed by atoms with Crippen molar-refractivity contribution < 1.29 is 0 Å². The first kappa shape index (κ1) is 7.25. The molecule has 1 saturated carbocycles. The Morgan fingerprint density at radius 1 is 1.08 bits per heavy atom. The zero-order chi connectivity index (χ0) is 9.00. The monoisotopic (exact) mass is 174 g/mol. The number of fused-ring (bicyclic) bond motifs is 5. The Morgan fingerprint density at radius 3 is 2.69 bits per heavy atom. The molecule has 0 aliphatic heterocycles. The molecular formula is C11H14N2. The number of hydrogen-bond acceptors (Lipinski definition) is 2. The van der Waals surface area contributed by atoms with Crippen LogP contribution in [-0.4, -0.2) is 0 Å². The van der Waals surface area contributed by atoms with Gasteiger partial charge in [-0.1, -0.05) is 6.07 Å². The molecule has 13 heavy (non-hydrogen) atoms. The summed E-state index contributed by atoms with van der Waals surface area (Å²) in [7, 11) is 0. The Hall–Kier alpha value is -1.18. The number of hydrogen-bond donors (Lipinski definition) is 2. The average Bonchev–Trinajstić information content (AvgIpc) is 2.70. The molecular weight excluding hydrogens is 160 g/mol. The van der Waals surface area contributed by atoms with E-state index in [1.54, 1.807) is 0 Å². The summed E-state index contributed by atoms with van der Waals surface area (Å²) in [4.78, 5) is 0. The van der Waals surface area contributed by atoms with Gasteiger partial charge >= 0.3 is 0 Å². The molecule has 0 heterocycles. The molecule has 2 unspecified atom stereocenters. The molecule has 1 fully saturated rings. The van der Waals surface area contributed by atoms with Crippen molar-refractivity contribution >= 4 is 11.4 Å². The van der Waals surface area contributed by atoms with E-state index >= 15 is 0 Å². The van der Waals surface area contributed by atoms with Gasteiger partial charge in [0.25, 0.3) is 0 Å². The van der Waals surface area contributed by atoms with Crippen LogP contribution < -0.4 is 11.5 Å². The van der Waals surface area contributed by atoms with Gasteiger partial charge in [0, 0.05) is 0 Å². The highest BCUT2D eigenvalue weighted by Crippen LogP contribution is 2.55.